The molecular weight excluding hydrogens is 260 g/mol. The minimum Gasteiger partial charge on any atom is -0.481 e. The van der Waals surface area contributed by atoms with E-state index in [1.54, 1.807) is 18.7 Å². The lowest BCUT2D eigenvalue weighted by molar-refractivity contribution is -0.138. The van der Waals surface area contributed by atoms with Gasteiger partial charge in [-0.25, -0.2) is 0 Å². The number of rotatable bonds is 5. The van der Waals surface area contributed by atoms with Gasteiger partial charge < -0.3 is 5.11 Å². The Bertz CT molecular complexity index is 517. The van der Waals surface area contributed by atoms with Gasteiger partial charge >= 0.3 is 5.97 Å². The van der Waals surface area contributed by atoms with Crippen molar-refractivity contribution in [3.63, 3.8) is 0 Å². The molecule has 1 atom stereocenters. The quantitative estimate of drug-likeness (QED) is 0.896. The Morgan fingerprint density at radius 2 is 2.05 bits per heavy atom. The van der Waals surface area contributed by atoms with Gasteiger partial charge in [-0.05, 0) is 24.5 Å². The van der Waals surface area contributed by atoms with Crippen LogP contribution < -0.4 is 0 Å². The maximum absolute atomic E-state index is 11.5. The Morgan fingerprint density at radius 1 is 1.37 bits per heavy atom. The number of hydrogen-bond donors (Lipinski definition) is 1. The number of carbonyl (C=O) groups excluding carboxylic acids is 1. The Kier molecular flexibility index (Phi) is 4.43. The van der Waals surface area contributed by atoms with E-state index in [0.717, 1.165) is 28.2 Å². The Labute approximate surface area is 116 Å². The fourth-order valence-corrected chi connectivity index (χ4v) is 2.93. The Balaban J connectivity index is 1.95. The molecule has 4 heteroatoms. The molecule has 0 saturated heterocycles. The van der Waals surface area contributed by atoms with Crippen LogP contribution in [0.5, 0.6) is 0 Å². The van der Waals surface area contributed by atoms with Crippen LogP contribution in [0.25, 0.3) is 0 Å². The summed E-state index contributed by atoms with van der Waals surface area (Å²) in [5.74, 6) is -0.315. The normalized spacial score (nSPS) is 16.3. The molecule has 1 aliphatic rings. The molecule has 19 heavy (non-hydrogen) atoms. The first-order valence-electron chi connectivity index (χ1n) is 6.25. The number of ketones is 1. The van der Waals surface area contributed by atoms with Crippen LogP contribution in [0.1, 0.15) is 36.8 Å². The third-order valence-corrected chi connectivity index (χ3v) is 4.40. The van der Waals surface area contributed by atoms with Crippen LogP contribution in [0.4, 0.5) is 0 Å². The second-order valence-electron chi connectivity index (χ2n) is 4.62. The third kappa shape index (κ3) is 3.47. The van der Waals surface area contributed by atoms with Crippen molar-refractivity contribution >= 4 is 23.5 Å². The molecule has 0 spiro atoms. The van der Waals surface area contributed by atoms with E-state index in [1.165, 1.54) is 0 Å². The highest BCUT2D eigenvalue weighted by Crippen LogP contribution is 2.28. The summed E-state index contributed by atoms with van der Waals surface area (Å²) in [7, 11) is 0. The molecule has 0 heterocycles. The number of benzene rings is 1. The molecule has 0 aromatic heterocycles. The molecule has 0 aliphatic heterocycles. The van der Waals surface area contributed by atoms with Crippen molar-refractivity contribution < 1.29 is 14.7 Å². The van der Waals surface area contributed by atoms with Gasteiger partial charge in [0, 0.05) is 17.1 Å². The van der Waals surface area contributed by atoms with Crippen molar-refractivity contribution in [1.29, 1.82) is 0 Å². The molecule has 1 aliphatic carbocycles. The van der Waals surface area contributed by atoms with E-state index in [2.05, 4.69) is 0 Å². The number of aliphatic carboxylic acids is 1. The van der Waals surface area contributed by atoms with E-state index in [9.17, 15) is 9.59 Å². The zero-order valence-electron chi connectivity index (χ0n) is 10.8. The highest BCUT2D eigenvalue weighted by atomic mass is 32.2. The maximum Gasteiger partial charge on any atom is 0.310 e. The molecule has 2 rings (SSSR count). The first-order valence-corrected chi connectivity index (χ1v) is 7.24. The van der Waals surface area contributed by atoms with Gasteiger partial charge in [0.15, 0.2) is 5.78 Å². The number of thioether (sulfide) groups is 1. The van der Waals surface area contributed by atoms with E-state index in [-0.39, 0.29) is 5.78 Å². The molecule has 1 aromatic rings. The minimum atomic E-state index is -0.816. The molecule has 0 amide bonds. The largest absolute Gasteiger partial charge is 0.481 e. The summed E-state index contributed by atoms with van der Waals surface area (Å²) in [6, 6.07) is 7.56. The SMILES string of the molecule is CC(C(=O)O)c1ccc(CSC2=CCCC2=O)cc1. The second-order valence-corrected chi connectivity index (χ2v) is 5.64. The summed E-state index contributed by atoms with van der Waals surface area (Å²) < 4.78 is 0. The van der Waals surface area contributed by atoms with E-state index in [1.807, 2.05) is 30.3 Å². The Morgan fingerprint density at radius 3 is 2.58 bits per heavy atom. The highest BCUT2D eigenvalue weighted by Gasteiger charge is 2.16. The summed E-state index contributed by atoms with van der Waals surface area (Å²) in [6.45, 7) is 1.67. The van der Waals surface area contributed by atoms with E-state index >= 15 is 0 Å². The lowest BCUT2D eigenvalue weighted by Crippen LogP contribution is -2.07. The third-order valence-electron chi connectivity index (χ3n) is 3.22. The van der Waals surface area contributed by atoms with Crippen LogP contribution in [0.15, 0.2) is 35.2 Å². The molecule has 0 bridgehead atoms. The first-order chi connectivity index (χ1) is 9.08. The van der Waals surface area contributed by atoms with Crippen molar-refractivity contribution in [3.8, 4) is 0 Å². The lowest BCUT2D eigenvalue weighted by atomic mass is 10.0. The van der Waals surface area contributed by atoms with Gasteiger partial charge in [-0.3, -0.25) is 9.59 Å². The number of carboxylic acid groups (broad SMARTS) is 1. The molecule has 1 N–H and O–H groups in total. The molecule has 0 saturated carbocycles. The van der Waals surface area contributed by atoms with E-state index in [4.69, 9.17) is 5.11 Å². The second kappa shape index (κ2) is 6.06. The summed E-state index contributed by atoms with van der Waals surface area (Å²) in [5.41, 5.74) is 1.91. The summed E-state index contributed by atoms with van der Waals surface area (Å²) in [5, 5.41) is 8.93. The molecule has 1 aromatic carbocycles. The standard InChI is InChI=1S/C15H16O3S/c1-10(15(17)18)12-7-5-11(6-8-12)9-19-14-4-2-3-13(14)16/h4-8,10H,2-3,9H2,1H3,(H,17,18). The van der Waals surface area contributed by atoms with Gasteiger partial charge in [0.25, 0.3) is 0 Å². The summed E-state index contributed by atoms with van der Waals surface area (Å²) in [4.78, 5) is 23.2. The van der Waals surface area contributed by atoms with E-state index < -0.39 is 11.9 Å². The van der Waals surface area contributed by atoms with Crippen LogP contribution in [0.3, 0.4) is 0 Å². The minimum absolute atomic E-state index is 0.237. The van der Waals surface area contributed by atoms with Crippen molar-refractivity contribution in [2.75, 3.05) is 0 Å². The van der Waals surface area contributed by atoms with Crippen LogP contribution in [0, 0.1) is 0 Å². The zero-order chi connectivity index (χ0) is 13.8. The smallest absolute Gasteiger partial charge is 0.310 e. The first kappa shape index (κ1) is 13.9. The number of allylic oxidation sites excluding steroid dienone is 2. The monoisotopic (exact) mass is 276 g/mol. The fraction of sp³-hybridized carbons (Fsp3) is 0.333. The van der Waals surface area contributed by atoms with E-state index in [0.29, 0.717) is 6.42 Å². The van der Waals surface area contributed by atoms with Gasteiger partial charge in [-0.2, -0.15) is 0 Å². The maximum atomic E-state index is 11.5. The van der Waals surface area contributed by atoms with Crippen molar-refractivity contribution in [2.45, 2.75) is 31.4 Å². The topological polar surface area (TPSA) is 54.4 Å². The number of carbonyl (C=O) groups is 2. The predicted octanol–water partition coefficient (Wildman–Crippen LogP) is 3.35. The highest BCUT2D eigenvalue weighted by molar-refractivity contribution is 8.03. The predicted molar refractivity (Wildman–Crippen MR) is 76.1 cm³/mol. The fourth-order valence-electron chi connectivity index (χ4n) is 1.92. The Hall–Kier alpha value is -1.55. The van der Waals surface area contributed by atoms with Gasteiger partial charge in [0.05, 0.1) is 5.92 Å². The van der Waals surface area contributed by atoms with Crippen LogP contribution in [-0.4, -0.2) is 16.9 Å². The van der Waals surface area contributed by atoms with Crippen molar-refractivity contribution in [1.82, 2.24) is 0 Å². The average Bonchev–Trinajstić information content (AvgIpc) is 2.81. The van der Waals surface area contributed by atoms with Crippen LogP contribution >= 0.6 is 11.8 Å². The van der Waals surface area contributed by atoms with Gasteiger partial charge in [0.1, 0.15) is 0 Å². The van der Waals surface area contributed by atoms with Crippen molar-refractivity contribution in [3.05, 3.63) is 46.4 Å². The zero-order valence-corrected chi connectivity index (χ0v) is 11.6. The summed E-state index contributed by atoms with van der Waals surface area (Å²) in [6.07, 6.45) is 3.49. The molecule has 1 unspecified atom stereocenters. The summed E-state index contributed by atoms with van der Waals surface area (Å²) >= 11 is 1.56. The van der Waals surface area contributed by atoms with Crippen molar-refractivity contribution in [2.24, 2.45) is 0 Å². The van der Waals surface area contributed by atoms with Gasteiger partial charge in [-0.15, -0.1) is 11.8 Å². The van der Waals surface area contributed by atoms with Crippen LogP contribution in [-0.2, 0) is 15.3 Å². The molecule has 0 fully saturated rings. The van der Waals surface area contributed by atoms with Gasteiger partial charge in [-0.1, -0.05) is 30.3 Å². The average molecular weight is 276 g/mol. The molecule has 0 radical (unpaired) electrons. The number of hydrogen-bond acceptors (Lipinski definition) is 3. The van der Waals surface area contributed by atoms with Gasteiger partial charge in [0.2, 0.25) is 0 Å². The lowest BCUT2D eigenvalue weighted by Gasteiger charge is -2.08. The number of Topliss-reactive ketones (excluding diaryl/α,β-unsaturated/α-hetero) is 1. The molecular formula is C15H16O3S. The molecule has 3 nitrogen and oxygen atoms in total. The molecule has 100 valence electrons. The van der Waals surface area contributed by atoms with Crippen LogP contribution in [0.2, 0.25) is 0 Å². The number of carboxylic acids is 1.